The van der Waals surface area contributed by atoms with Crippen LogP contribution in [0.15, 0.2) is 48.1 Å². The van der Waals surface area contributed by atoms with E-state index in [9.17, 15) is 4.79 Å². The summed E-state index contributed by atoms with van der Waals surface area (Å²) < 4.78 is 3.27. The van der Waals surface area contributed by atoms with Crippen LogP contribution in [-0.2, 0) is 12.5 Å². The summed E-state index contributed by atoms with van der Waals surface area (Å²) in [4.78, 5) is 28.1. The van der Waals surface area contributed by atoms with Crippen LogP contribution in [0.4, 0.5) is 5.82 Å². The SMILES string of the molecule is Cc1nn(C)c2nc(-c3cccs3)cc(C(=O)Nc3cc(C(C)(C)C)nn3-c3ncccn3)c12. The molecule has 0 unspecified atom stereocenters. The molecule has 34 heavy (non-hydrogen) atoms. The predicted octanol–water partition coefficient (Wildman–Crippen LogP) is 4.53. The van der Waals surface area contributed by atoms with Crippen LogP contribution in [0.25, 0.3) is 27.6 Å². The van der Waals surface area contributed by atoms with Crippen molar-refractivity contribution in [3.63, 3.8) is 0 Å². The zero-order valence-corrected chi connectivity index (χ0v) is 20.4. The van der Waals surface area contributed by atoms with Crippen LogP contribution in [0.3, 0.4) is 0 Å². The number of nitrogens with one attached hydrogen (secondary N) is 1. The molecular weight excluding hydrogens is 448 g/mol. The van der Waals surface area contributed by atoms with Gasteiger partial charge in [-0.1, -0.05) is 26.8 Å². The molecule has 5 aromatic rings. The quantitative estimate of drug-likeness (QED) is 0.412. The van der Waals surface area contributed by atoms with Gasteiger partial charge >= 0.3 is 0 Å². The topological polar surface area (TPSA) is 103 Å². The maximum Gasteiger partial charge on any atom is 0.257 e. The number of fused-ring (bicyclic) bond motifs is 1. The van der Waals surface area contributed by atoms with E-state index in [1.165, 1.54) is 0 Å². The molecular formula is C24H24N8OS. The molecule has 0 aliphatic rings. The normalized spacial score (nSPS) is 11.8. The van der Waals surface area contributed by atoms with E-state index in [1.807, 2.05) is 43.6 Å². The van der Waals surface area contributed by atoms with Crippen molar-refractivity contribution in [1.29, 1.82) is 0 Å². The van der Waals surface area contributed by atoms with Gasteiger partial charge in [-0.2, -0.15) is 14.9 Å². The van der Waals surface area contributed by atoms with Crippen LogP contribution in [-0.4, -0.2) is 40.4 Å². The molecule has 0 atom stereocenters. The second-order valence-electron chi connectivity index (χ2n) is 9.02. The molecule has 1 amide bonds. The summed E-state index contributed by atoms with van der Waals surface area (Å²) in [6, 6.07) is 9.38. The van der Waals surface area contributed by atoms with E-state index in [0.29, 0.717) is 23.0 Å². The molecule has 9 nitrogen and oxygen atoms in total. The van der Waals surface area contributed by atoms with Gasteiger partial charge in [0.25, 0.3) is 11.9 Å². The Morgan fingerprint density at radius 2 is 1.85 bits per heavy atom. The van der Waals surface area contributed by atoms with Crippen molar-refractivity contribution in [3.05, 3.63) is 65.1 Å². The number of nitrogens with zero attached hydrogens (tertiary/aromatic N) is 7. The number of hydrogen-bond acceptors (Lipinski definition) is 7. The summed E-state index contributed by atoms with van der Waals surface area (Å²) >= 11 is 1.57. The smallest absolute Gasteiger partial charge is 0.257 e. The Labute approximate surface area is 200 Å². The van der Waals surface area contributed by atoms with Crippen molar-refractivity contribution >= 4 is 34.1 Å². The highest BCUT2D eigenvalue weighted by atomic mass is 32.1. The number of carbonyl (C=O) groups excluding carboxylic acids is 1. The summed E-state index contributed by atoms with van der Waals surface area (Å²) in [7, 11) is 1.83. The van der Waals surface area contributed by atoms with Crippen molar-refractivity contribution in [3.8, 4) is 16.5 Å². The number of thiophene rings is 1. The molecule has 0 spiro atoms. The van der Waals surface area contributed by atoms with E-state index in [-0.39, 0.29) is 11.3 Å². The third kappa shape index (κ3) is 3.86. The molecule has 0 radical (unpaired) electrons. The molecule has 0 aliphatic carbocycles. The van der Waals surface area contributed by atoms with E-state index in [4.69, 9.17) is 10.1 Å². The van der Waals surface area contributed by atoms with Gasteiger partial charge in [-0.3, -0.25) is 9.48 Å². The Hall–Kier alpha value is -3.92. The number of aryl methyl sites for hydroxylation is 2. The predicted molar refractivity (Wildman–Crippen MR) is 132 cm³/mol. The van der Waals surface area contributed by atoms with E-state index < -0.39 is 0 Å². The van der Waals surface area contributed by atoms with Crippen molar-refractivity contribution in [2.75, 3.05) is 5.32 Å². The number of carbonyl (C=O) groups is 1. The fourth-order valence-electron chi connectivity index (χ4n) is 3.75. The molecule has 5 rings (SSSR count). The lowest BCUT2D eigenvalue weighted by Crippen LogP contribution is -2.17. The number of amides is 1. The van der Waals surface area contributed by atoms with Crippen LogP contribution < -0.4 is 5.32 Å². The molecule has 0 saturated heterocycles. The molecule has 0 bridgehead atoms. The van der Waals surface area contributed by atoms with Crippen molar-refractivity contribution < 1.29 is 4.79 Å². The lowest BCUT2D eigenvalue weighted by atomic mass is 9.92. The zero-order valence-electron chi connectivity index (χ0n) is 19.6. The minimum atomic E-state index is -0.279. The molecule has 10 heteroatoms. The molecule has 172 valence electrons. The van der Waals surface area contributed by atoms with E-state index >= 15 is 0 Å². The van der Waals surface area contributed by atoms with Crippen LogP contribution in [0.2, 0.25) is 0 Å². The first-order valence-corrected chi connectivity index (χ1v) is 11.7. The first-order chi connectivity index (χ1) is 16.2. The van der Waals surface area contributed by atoms with Gasteiger partial charge < -0.3 is 5.32 Å². The Kier molecular flexibility index (Phi) is 5.24. The molecule has 1 N–H and O–H groups in total. The van der Waals surface area contributed by atoms with Gasteiger partial charge in [0.05, 0.1) is 32.9 Å². The Balaban J connectivity index is 1.63. The van der Waals surface area contributed by atoms with Gasteiger partial charge in [-0.05, 0) is 30.5 Å². The lowest BCUT2D eigenvalue weighted by Gasteiger charge is -2.13. The van der Waals surface area contributed by atoms with Gasteiger partial charge in [-0.25, -0.2) is 15.0 Å². The third-order valence-electron chi connectivity index (χ3n) is 5.45. The average molecular weight is 473 g/mol. The van der Waals surface area contributed by atoms with Crippen molar-refractivity contribution in [1.82, 2.24) is 34.5 Å². The second kappa shape index (κ2) is 8.14. The minimum Gasteiger partial charge on any atom is -0.306 e. The first kappa shape index (κ1) is 21.9. The van der Waals surface area contributed by atoms with Crippen molar-refractivity contribution in [2.24, 2.45) is 7.05 Å². The minimum absolute atomic E-state index is 0.226. The summed E-state index contributed by atoms with van der Waals surface area (Å²) in [5, 5.41) is 14.9. The maximum atomic E-state index is 13.7. The number of rotatable bonds is 4. The fraction of sp³-hybridized carbons (Fsp3) is 0.250. The van der Waals surface area contributed by atoms with E-state index in [1.54, 1.807) is 39.2 Å². The van der Waals surface area contributed by atoms with Gasteiger partial charge in [-0.15, -0.1) is 11.3 Å². The Bertz CT molecular complexity index is 1490. The zero-order chi connectivity index (χ0) is 24.0. The number of aromatic nitrogens is 7. The fourth-order valence-corrected chi connectivity index (χ4v) is 4.43. The van der Waals surface area contributed by atoms with Crippen LogP contribution in [0.5, 0.6) is 0 Å². The van der Waals surface area contributed by atoms with Crippen LogP contribution >= 0.6 is 11.3 Å². The number of hydrogen-bond donors (Lipinski definition) is 1. The Morgan fingerprint density at radius 1 is 1.09 bits per heavy atom. The molecule has 5 aromatic heterocycles. The first-order valence-electron chi connectivity index (χ1n) is 10.8. The summed E-state index contributed by atoms with van der Waals surface area (Å²) in [6.45, 7) is 8.08. The number of anilines is 1. The van der Waals surface area contributed by atoms with Crippen LogP contribution in [0, 0.1) is 6.92 Å². The molecule has 0 saturated carbocycles. The van der Waals surface area contributed by atoms with E-state index in [0.717, 1.165) is 27.3 Å². The second-order valence-corrected chi connectivity index (χ2v) is 9.97. The monoisotopic (exact) mass is 472 g/mol. The summed E-state index contributed by atoms with van der Waals surface area (Å²) in [6.07, 6.45) is 3.29. The average Bonchev–Trinajstić information content (AvgIpc) is 3.54. The largest absolute Gasteiger partial charge is 0.306 e. The van der Waals surface area contributed by atoms with Gasteiger partial charge in [0.2, 0.25) is 0 Å². The Morgan fingerprint density at radius 3 is 2.53 bits per heavy atom. The van der Waals surface area contributed by atoms with Gasteiger partial charge in [0, 0.05) is 30.9 Å². The highest BCUT2D eigenvalue weighted by molar-refractivity contribution is 7.13. The lowest BCUT2D eigenvalue weighted by molar-refractivity contribution is 0.102. The highest BCUT2D eigenvalue weighted by Gasteiger charge is 2.25. The third-order valence-corrected chi connectivity index (χ3v) is 6.34. The number of pyridine rings is 1. The van der Waals surface area contributed by atoms with Gasteiger partial charge in [0.15, 0.2) is 5.65 Å². The van der Waals surface area contributed by atoms with Crippen molar-refractivity contribution in [2.45, 2.75) is 33.1 Å². The summed E-state index contributed by atoms with van der Waals surface area (Å²) in [5.74, 6) is 0.592. The molecule has 0 aliphatic heterocycles. The molecule has 0 aromatic carbocycles. The van der Waals surface area contributed by atoms with E-state index in [2.05, 4.69) is 41.2 Å². The molecule has 5 heterocycles. The van der Waals surface area contributed by atoms with Crippen LogP contribution in [0.1, 0.15) is 42.5 Å². The highest BCUT2D eigenvalue weighted by Crippen LogP contribution is 2.31. The molecule has 0 fully saturated rings. The standard InChI is InChI=1S/C24H24N8OS/c1-14-20-15(12-16(17-8-6-11-34-17)27-21(20)31(5)29-14)22(33)28-19-13-18(24(2,3)4)30-32(19)23-25-9-7-10-26-23/h6-13H,1-5H3,(H,28,33). The van der Waals surface area contributed by atoms with Gasteiger partial charge in [0.1, 0.15) is 5.82 Å². The summed E-state index contributed by atoms with van der Waals surface area (Å²) in [5.41, 5.74) is 3.21. The maximum absolute atomic E-state index is 13.7.